The molecule has 2 aromatic rings. The molecule has 35 heavy (non-hydrogen) atoms. The van der Waals surface area contributed by atoms with E-state index in [0.29, 0.717) is 6.54 Å². The van der Waals surface area contributed by atoms with Crippen molar-refractivity contribution in [1.82, 2.24) is 29.7 Å². The summed E-state index contributed by atoms with van der Waals surface area (Å²) >= 11 is 0. The maximum atomic E-state index is 12.4. The summed E-state index contributed by atoms with van der Waals surface area (Å²) in [6.45, 7) is 4.50. The van der Waals surface area contributed by atoms with Crippen molar-refractivity contribution in [3.05, 3.63) is 12.2 Å². The molecule has 4 rings (SSSR count). The van der Waals surface area contributed by atoms with Crippen LogP contribution in [0.5, 0.6) is 0 Å². The van der Waals surface area contributed by atoms with Gasteiger partial charge in [-0.3, -0.25) is 14.3 Å². The predicted molar refractivity (Wildman–Crippen MR) is 123 cm³/mol. The van der Waals surface area contributed by atoms with Gasteiger partial charge in [0.25, 0.3) is 5.91 Å². The highest BCUT2D eigenvalue weighted by atomic mass is 16.6. The molecule has 2 amide bonds. The van der Waals surface area contributed by atoms with Gasteiger partial charge in [-0.1, -0.05) is 19.8 Å². The zero-order valence-corrected chi connectivity index (χ0v) is 19.7. The maximum absolute atomic E-state index is 12.4. The summed E-state index contributed by atoms with van der Waals surface area (Å²) in [4.78, 5) is 38.5. The zero-order chi connectivity index (χ0) is 25.3. The van der Waals surface area contributed by atoms with E-state index in [0.717, 1.165) is 12.8 Å². The predicted octanol–water partition coefficient (Wildman–Crippen LogP) is -0.618. The Labute approximate surface area is 201 Å². The summed E-state index contributed by atoms with van der Waals surface area (Å²) in [5, 5.41) is 23.8. The fourth-order valence-electron chi connectivity index (χ4n) is 3.78. The lowest BCUT2D eigenvalue weighted by Crippen LogP contribution is -2.43. The Hall–Kier alpha value is -3.47. The Balaban J connectivity index is 1.57. The van der Waals surface area contributed by atoms with Gasteiger partial charge in [-0.2, -0.15) is 0 Å². The maximum Gasteiger partial charge on any atom is 0.410 e. The second-order valence-corrected chi connectivity index (χ2v) is 9.01. The van der Waals surface area contributed by atoms with Crippen molar-refractivity contribution in [2.24, 2.45) is 5.92 Å². The SMILES string of the molecule is COC(=O)N(CC#Cc1nc(N)c2ncn([C@@H]3O[C@H](C(=O)NC4CC4)[C@@H](O)[C@H]3O)c2n1)CC(C)C. The summed E-state index contributed by atoms with van der Waals surface area (Å²) in [7, 11) is 1.30. The molecular weight excluding hydrogens is 458 g/mol. The van der Waals surface area contributed by atoms with E-state index in [1.165, 1.54) is 22.9 Å². The van der Waals surface area contributed by atoms with Crippen LogP contribution in [0.3, 0.4) is 0 Å². The second-order valence-electron chi connectivity index (χ2n) is 9.01. The highest BCUT2D eigenvalue weighted by molar-refractivity contribution is 5.83. The van der Waals surface area contributed by atoms with Gasteiger partial charge in [0.05, 0.1) is 20.0 Å². The largest absolute Gasteiger partial charge is 0.453 e. The number of aliphatic hydroxyl groups is 2. The van der Waals surface area contributed by atoms with Crippen LogP contribution in [0.4, 0.5) is 10.6 Å². The van der Waals surface area contributed by atoms with Crippen LogP contribution in [0.2, 0.25) is 0 Å². The van der Waals surface area contributed by atoms with Crippen LogP contribution in [-0.4, -0.2) is 91.2 Å². The fraction of sp³-hybridized carbons (Fsp3) is 0.591. The van der Waals surface area contributed by atoms with Gasteiger partial charge < -0.3 is 30.7 Å². The minimum atomic E-state index is -1.43. The summed E-state index contributed by atoms with van der Waals surface area (Å²) in [6.07, 6.45) is -2.59. The Morgan fingerprint density at radius 3 is 2.74 bits per heavy atom. The highest BCUT2D eigenvalue weighted by Gasteiger charge is 2.48. The lowest BCUT2D eigenvalue weighted by molar-refractivity contribution is -0.137. The molecule has 4 atom stereocenters. The van der Waals surface area contributed by atoms with E-state index in [9.17, 15) is 19.8 Å². The zero-order valence-electron chi connectivity index (χ0n) is 19.7. The number of carbonyl (C=O) groups excluding carboxylic acids is 2. The number of nitrogens with two attached hydrogens (primary N) is 1. The average molecular weight is 488 g/mol. The molecule has 3 heterocycles. The monoisotopic (exact) mass is 487 g/mol. The van der Waals surface area contributed by atoms with Crippen molar-refractivity contribution >= 4 is 29.0 Å². The van der Waals surface area contributed by atoms with Crippen molar-refractivity contribution in [2.45, 2.75) is 57.3 Å². The molecule has 1 saturated heterocycles. The smallest absolute Gasteiger partial charge is 0.410 e. The Kier molecular flexibility index (Phi) is 7.06. The molecule has 0 unspecified atom stereocenters. The first-order valence-corrected chi connectivity index (χ1v) is 11.3. The van der Waals surface area contributed by atoms with Crippen molar-refractivity contribution in [2.75, 3.05) is 25.9 Å². The Morgan fingerprint density at radius 2 is 2.09 bits per heavy atom. The number of ether oxygens (including phenoxy) is 2. The average Bonchev–Trinajstić information content (AvgIpc) is 3.45. The molecule has 13 nitrogen and oxygen atoms in total. The third-order valence-electron chi connectivity index (χ3n) is 5.63. The molecule has 1 aliphatic carbocycles. The summed E-state index contributed by atoms with van der Waals surface area (Å²) in [5.74, 6) is 5.50. The number of nitrogen functional groups attached to an aromatic ring is 1. The van der Waals surface area contributed by atoms with Gasteiger partial charge in [-0.15, -0.1) is 0 Å². The van der Waals surface area contributed by atoms with Gasteiger partial charge in [0, 0.05) is 12.6 Å². The number of carbonyl (C=O) groups is 2. The fourth-order valence-corrected chi connectivity index (χ4v) is 3.78. The van der Waals surface area contributed by atoms with E-state index in [-0.39, 0.29) is 41.3 Å². The van der Waals surface area contributed by atoms with Gasteiger partial charge in [0.1, 0.15) is 17.7 Å². The molecule has 2 aliphatic rings. The number of rotatable bonds is 6. The van der Waals surface area contributed by atoms with Crippen LogP contribution in [0.1, 0.15) is 38.7 Å². The van der Waals surface area contributed by atoms with E-state index in [1.807, 2.05) is 13.8 Å². The number of anilines is 1. The topological polar surface area (TPSA) is 178 Å². The van der Waals surface area contributed by atoms with Crippen LogP contribution in [0, 0.1) is 17.8 Å². The molecule has 0 spiro atoms. The molecule has 2 aromatic heterocycles. The quantitative estimate of drug-likeness (QED) is 0.384. The van der Waals surface area contributed by atoms with Gasteiger partial charge >= 0.3 is 6.09 Å². The number of hydrogen-bond acceptors (Lipinski definition) is 10. The number of imidazole rings is 1. The molecule has 0 bridgehead atoms. The first-order valence-electron chi connectivity index (χ1n) is 11.3. The molecule has 1 saturated carbocycles. The number of hydrogen-bond donors (Lipinski definition) is 4. The van der Waals surface area contributed by atoms with Crippen molar-refractivity contribution in [1.29, 1.82) is 0 Å². The number of aromatic nitrogens is 4. The highest BCUT2D eigenvalue weighted by Crippen LogP contribution is 2.33. The number of nitrogens with zero attached hydrogens (tertiary/aromatic N) is 5. The van der Waals surface area contributed by atoms with E-state index in [1.54, 1.807) is 0 Å². The van der Waals surface area contributed by atoms with Gasteiger partial charge in [0.2, 0.25) is 5.82 Å². The van der Waals surface area contributed by atoms with E-state index >= 15 is 0 Å². The molecule has 5 N–H and O–H groups in total. The molecule has 0 radical (unpaired) electrons. The van der Waals surface area contributed by atoms with Crippen LogP contribution < -0.4 is 11.1 Å². The Bertz CT molecular complexity index is 1170. The standard InChI is InChI=1S/C22H29N7O6/c1-11(2)9-28(22(33)34-3)8-4-5-13-26-18(23)14-19(27-13)29(10-24-14)21-16(31)15(30)17(35-21)20(32)25-12-6-7-12/h10-12,15-17,21,30-31H,6-9H2,1-3H3,(H,25,32)(H2,23,26,27)/t15-,16+,17-,21+/m0/s1. The summed E-state index contributed by atoms with van der Waals surface area (Å²) in [5.41, 5.74) is 6.51. The second kappa shape index (κ2) is 10.0. The number of methoxy groups -OCH3 is 1. The minimum absolute atomic E-state index is 0.0566. The number of amides is 2. The van der Waals surface area contributed by atoms with Crippen LogP contribution in [0.15, 0.2) is 6.33 Å². The van der Waals surface area contributed by atoms with E-state index in [4.69, 9.17) is 15.2 Å². The van der Waals surface area contributed by atoms with Gasteiger partial charge in [0.15, 0.2) is 23.8 Å². The lowest BCUT2D eigenvalue weighted by atomic mass is 10.1. The first-order chi connectivity index (χ1) is 16.7. The number of nitrogens with one attached hydrogen (secondary N) is 1. The lowest BCUT2D eigenvalue weighted by Gasteiger charge is -2.20. The van der Waals surface area contributed by atoms with Gasteiger partial charge in [-0.25, -0.2) is 19.7 Å². The molecule has 1 aliphatic heterocycles. The first kappa shape index (κ1) is 24.6. The van der Waals surface area contributed by atoms with Crippen LogP contribution in [0.25, 0.3) is 11.2 Å². The third-order valence-corrected chi connectivity index (χ3v) is 5.63. The third kappa shape index (κ3) is 5.29. The number of aliphatic hydroxyl groups excluding tert-OH is 2. The van der Waals surface area contributed by atoms with Crippen LogP contribution in [-0.2, 0) is 14.3 Å². The van der Waals surface area contributed by atoms with E-state index < -0.39 is 36.5 Å². The molecule has 2 fully saturated rings. The molecule has 13 heteroatoms. The normalized spacial score (nSPS) is 23.7. The van der Waals surface area contributed by atoms with Crippen molar-refractivity contribution < 1.29 is 29.3 Å². The van der Waals surface area contributed by atoms with Gasteiger partial charge in [-0.05, 0) is 24.7 Å². The Morgan fingerprint density at radius 1 is 1.34 bits per heavy atom. The van der Waals surface area contributed by atoms with Crippen molar-refractivity contribution in [3.8, 4) is 11.8 Å². The molecule has 188 valence electrons. The summed E-state index contributed by atoms with van der Waals surface area (Å²) in [6, 6.07) is 0.0767. The molecular formula is C22H29N7O6. The molecule has 0 aromatic carbocycles. The number of fused-ring (bicyclic) bond motifs is 1. The minimum Gasteiger partial charge on any atom is -0.453 e. The van der Waals surface area contributed by atoms with Crippen molar-refractivity contribution in [3.63, 3.8) is 0 Å². The summed E-state index contributed by atoms with van der Waals surface area (Å²) < 4.78 is 11.9. The van der Waals surface area contributed by atoms with Crippen LogP contribution >= 0.6 is 0 Å². The van der Waals surface area contributed by atoms with E-state index in [2.05, 4.69) is 32.1 Å².